The zero-order chi connectivity index (χ0) is 12.8. The monoisotopic (exact) mass is 262 g/mol. The molecule has 4 heteroatoms. The quantitative estimate of drug-likeness (QED) is 0.765. The van der Waals surface area contributed by atoms with Gasteiger partial charge in [-0.15, -0.1) is 0 Å². The number of benzene rings is 1. The van der Waals surface area contributed by atoms with Gasteiger partial charge in [-0.3, -0.25) is 4.98 Å². The van der Waals surface area contributed by atoms with E-state index in [2.05, 4.69) is 16.9 Å². The molecule has 0 aliphatic heterocycles. The first-order valence-corrected chi connectivity index (χ1v) is 6.38. The second kappa shape index (κ2) is 6.36. The Morgan fingerprint density at radius 3 is 2.50 bits per heavy atom. The molecule has 3 nitrogen and oxygen atoms in total. The highest BCUT2D eigenvalue weighted by molar-refractivity contribution is 6.29. The Balaban J connectivity index is 2.05. The fourth-order valence-corrected chi connectivity index (χ4v) is 1.62. The third-order valence-corrected chi connectivity index (χ3v) is 2.73. The highest BCUT2D eigenvalue weighted by atomic mass is 35.5. The van der Waals surface area contributed by atoms with Crippen molar-refractivity contribution in [1.29, 1.82) is 0 Å². The molecule has 0 saturated carbocycles. The lowest BCUT2D eigenvalue weighted by atomic mass is 10.1. The zero-order valence-corrected chi connectivity index (χ0v) is 11.0. The molecule has 94 valence electrons. The molecule has 2 rings (SSSR count). The third-order valence-electron chi connectivity index (χ3n) is 2.54. The highest BCUT2D eigenvalue weighted by Gasteiger charge is 2.00. The van der Waals surface area contributed by atoms with Crippen LogP contribution in [0.25, 0.3) is 11.3 Å². The second-order valence-corrected chi connectivity index (χ2v) is 4.34. The molecule has 0 spiro atoms. The van der Waals surface area contributed by atoms with E-state index in [9.17, 15) is 0 Å². The van der Waals surface area contributed by atoms with Gasteiger partial charge in [-0.25, -0.2) is 4.98 Å². The van der Waals surface area contributed by atoms with E-state index in [1.54, 1.807) is 12.4 Å². The number of nitrogens with zero attached hydrogens (tertiary/aromatic N) is 2. The molecular formula is C14H15ClN2O. The first-order chi connectivity index (χ1) is 8.79. The van der Waals surface area contributed by atoms with Gasteiger partial charge in [-0.05, 0) is 30.7 Å². The molecule has 0 amide bonds. The fraction of sp³-hybridized carbons (Fsp3) is 0.286. The summed E-state index contributed by atoms with van der Waals surface area (Å²) in [6, 6.07) is 7.83. The minimum Gasteiger partial charge on any atom is -0.494 e. The van der Waals surface area contributed by atoms with E-state index >= 15 is 0 Å². The van der Waals surface area contributed by atoms with Crippen molar-refractivity contribution in [1.82, 2.24) is 9.97 Å². The number of halogens is 1. The molecule has 0 aliphatic carbocycles. The van der Waals surface area contributed by atoms with Gasteiger partial charge in [-0.2, -0.15) is 0 Å². The molecule has 0 radical (unpaired) electrons. The molecular weight excluding hydrogens is 248 g/mol. The molecule has 18 heavy (non-hydrogen) atoms. The van der Waals surface area contributed by atoms with Gasteiger partial charge >= 0.3 is 0 Å². The molecule has 0 fully saturated rings. The Bertz CT molecular complexity index is 482. The maximum atomic E-state index is 5.70. The Labute approximate surface area is 112 Å². The molecule has 0 bridgehead atoms. The molecule has 0 aliphatic rings. The summed E-state index contributed by atoms with van der Waals surface area (Å²) < 4.78 is 5.60. The van der Waals surface area contributed by atoms with Crippen LogP contribution < -0.4 is 4.74 Å². The van der Waals surface area contributed by atoms with Gasteiger partial charge in [0.2, 0.25) is 0 Å². The van der Waals surface area contributed by atoms with Crippen LogP contribution in [-0.2, 0) is 0 Å². The Morgan fingerprint density at radius 1 is 1.11 bits per heavy atom. The van der Waals surface area contributed by atoms with Gasteiger partial charge in [0.1, 0.15) is 10.9 Å². The van der Waals surface area contributed by atoms with Gasteiger partial charge in [-0.1, -0.05) is 24.9 Å². The van der Waals surface area contributed by atoms with Crippen molar-refractivity contribution in [2.24, 2.45) is 0 Å². The van der Waals surface area contributed by atoms with Crippen LogP contribution in [-0.4, -0.2) is 16.6 Å². The van der Waals surface area contributed by atoms with Crippen molar-refractivity contribution < 1.29 is 4.74 Å². The third kappa shape index (κ3) is 3.44. The highest BCUT2D eigenvalue weighted by Crippen LogP contribution is 2.20. The predicted molar refractivity (Wildman–Crippen MR) is 72.9 cm³/mol. The summed E-state index contributed by atoms with van der Waals surface area (Å²) in [7, 11) is 0. The zero-order valence-electron chi connectivity index (χ0n) is 10.3. The van der Waals surface area contributed by atoms with E-state index in [-0.39, 0.29) is 0 Å². The molecule has 1 aromatic heterocycles. The average molecular weight is 263 g/mol. The van der Waals surface area contributed by atoms with E-state index in [1.165, 1.54) is 0 Å². The topological polar surface area (TPSA) is 35.0 Å². The summed E-state index contributed by atoms with van der Waals surface area (Å²) in [5.74, 6) is 0.883. The van der Waals surface area contributed by atoms with Crippen LogP contribution in [0, 0.1) is 0 Å². The summed E-state index contributed by atoms with van der Waals surface area (Å²) in [5.41, 5.74) is 1.81. The van der Waals surface area contributed by atoms with E-state index in [0.29, 0.717) is 5.15 Å². The molecule has 0 atom stereocenters. The summed E-state index contributed by atoms with van der Waals surface area (Å²) in [6.07, 6.45) is 5.42. The summed E-state index contributed by atoms with van der Waals surface area (Å²) in [5, 5.41) is 0.401. The molecule has 1 heterocycles. The molecule has 0 N–H and O–H groups in total. The molecule has 0 saturated heterocycles. The van der Waals surface area contributed by atoms with Crippen LogP contribution in [0.5, 0.6) is 5.75 Å². The van der Waals surface area contributed by atoms with Crippen LogP contribution in [0.1, 0.15) is 19.8 Å². The van der Waals surface area contributed by atoms with Crippen molar-refractivity contribution in [2.75, 3.05) is 6.61 Å². The van der Waals surface area contributed by atoms with Crippen LogP contribution in [0.15, 0.2) is 36.7 Å². The Hall–Kier alpha value is -1.61. The van der Waals surface area contributed by atoms with Gasteiger partial charge in [0.15, 0.2) is 0 Å². The van der Waals surface area contributed by atoms with Crippen molar-refractivity contribution in [3.8, 4) is 17.0 Å². The van der Waals surface area contributed by atoms with Crippen molar-refractivity contribution >= 4 is 11.6 Å². The lowest BCUT2D eigenvalue weighted by Gasteiger charge is -2.06. The lowest BCUT2D eigenvalue weighted by molar-refractivity contribution is 0.309. The number of aromatic nitrogens is 2. The lowest BCUT2D eigenvalue weighted by Crippen LogP contribution is -1.96. The Morgan fingerprint density at radius 2 is 1.89 bits per heavy atom. The standard InChI is InChI=1S/C14H15ClN2O/c1-2-3-8-18-12-6-4-11(5-7-12)13-9-17-14(15)10-16-13/h4-7,9-10H,2-3,8H2,1H3. The van der Waals surface area contributed by atoms with E-state index in [0.717, 1.165) is 36.5 Å². The summed E-state index contributed by atoms with van der Waals surface area (Å²) in [4.78, 5) is 8.23. The summed E-state index contributed by atoms with van der Waals surface area (Å²) in [6.45, 7) is 2.91. The van der Waals surface area contributed by atoms with E-state index in [4.69, 9.17) is 16.3 Å². The first kappa shape index (κ1) is 12.8. The number of hydrogen-bond donors (Lipinski definition) is 0. The first-order valence-electron chi connectivity index (χ1n) is 6.00. The predicted octanol–water partition coefficient (Wildman–Crippen LogP) is 3.98. The average Bonchev–Trinajstić information content (AvgIpc) is 2.41. The van der Waals surface area contributed by atoms with Gasteiger partial charge in [0, 0.05) is 5.56 Å². The number of unbranched alkanes of at least 4 members (excludes halogenated alkanes) is 1. The van der Waals surface area contributed by atoms with E-state index < -0.39 is 0 Å². The normalized spacial score (nSPS) is 10.3. The number of rotatable bonds is 5. The van der Waals surface area contributed by atoms with Crippen LogP contribution in [0.4, 0.5) is 0 Å². The smallest absolute Gasteiger partial charge is 0.147 e. The summed E-state index contributed by atoms with van der Waals surface area (Å²) >= 11 is 5.70. The molecule has 2 aromatic rings. The maximum absolute atomic E-state index is 5.70. The number of hydrogen-bond acceptors (Lipinski definition) is 3. The largest absolute Gasteiger partial charge is 0.494 e. The van der Waals surface area contributed by atoms with Gasteiger partial charge in [0.05, 0.1) is 24.7 Å². The van der Waals surface area contributed by atoms with Gasteiger partial charge in [0.25, 0.3) is 0 Å². The van der Waals surface area contributed by atoms with E-state index in [1.807, 2.05) is 24.3 Å². The SMILES string of the molecule is CCCCOc1ccc(-c2cnc(Cl)cn2)cc1. The maximum Gasteiger partial charge on any atom is 0.147 e. The van der Waals surface area contributed by atoms with Crippen LogP contribution in [0.3, 0.4) is 0 Å². The molecule has 0 unspecified atom stereocenters. The van der Waals surface area contributed by atoms with Crippen LogP contribution in [0.2, 0.25) is 5.15 Å². The van der Waals surface area contributed by atoms with Crippen molar-refractivity contribution in [3.05, 3.63) is 41.8 Å². The van der Waals surface area contributed by atoms with Crippen molar-refractivity contribution in [2.45, 2.75) is 19.8 Å². The number of ether oxygens (including phenoxy) is 1. The van der Waals surface area contributed by atoms with Crippen molar-refractivity contribution in [3.63, 3.8) is 0 Å². The Kier molecular flexibility index (Phi) is 4.53. The fourth-order valence-electron chi connectivity index (χ4n) is 1.52. The molecule has 1 aromatic carbocycles. The van der Waals surface area contributed by atoms with Gasteiger partial charge < -0.3 is 4.74 Å². The minimum atomic E-state index is 0.401. The van der Waals surface area contributed by atoms with Crippen LogP contribution >= 0.6 is 11.6 Å². The minimum absolute atomic E-state index is 0.401. The second-order valence-electron chi connectivity index (χ2n) is 3.95.